The van der Waals surface area contributed by atoms with Crippen molar-refractivity contribution in [3.05, 3.63) is 16.1 Å². The number of hydrogen-bond acceptors (Lipinski definition) is 5. The van der Waals surface area contributed by atoms with E-state index < -0.39 is 0 Å². The molecule has 2 heterocycles. The summed E-state index contributed by atoms with van der Waals surface area (Å²) in [6.45, 7) is 4.90. The van der Waals surface area contributed by atoms with Crippen LogP contribution >= 0.6 is 11.3 Å². The van der Waals surface area contributed by atoms with E-state index in [4.69, 9.17) is 4.74 Å². The summed E-state index contributed by atoms with van der Waals surface area (Å²) in [4.78, 5) is 17.9. The highest BCUT2D eigenvalue weighted by molar-refractivity contribution is 7.09. The van der Waals surface area contributed by atoms with Crippen LogP contribution < -0.4 is 5.32 Å². The van der Waals surface area contributed by atoms with Crippen molar-refractivity contribution < 1.29 is 9.53 Å². The van der Waals surface area contributed by atoms with E-state index in [0.717, 1.165) is 18.1 Å². The van der Waals surface area contributed by atoms with Crippen molar-refractivity contribution in [1.82, 2.24) is 15.2 Å². The highest BCUT2D eigenvalue weighted by Crippen LogP contribution is 2.10. The quantitative estimate of drug-likeness (QED) is 0.855. The van der Waals surface area contributed by atoms with Crippen molar-refractivity contribution in [1.29, 1.82) is 0 Å². The Kier molecular flexibility index (Phi) is 4.09. The van der Waals surface area contributed by atoms with Gasteiger partial charge in [0.25, 0.3) is 5.91 Å². The van der Waals surface area contributed by atoms with Gasteiger partial charge in [0, 0.05) is 32.1 Å². The first-order chi connectivity index (χ1) is 8.16. The number of nitrogens with zero attached hydrogens (tertiary/aromatic N) is 2. The molecule has 6 heteroatoms. The van der Waals surface area contributed by atoms with Gasteiger partial charge in [-0.3, -0.25) is 4.79 Å². The second-order valence-electron chi connectivity index (χ2n) is 4.13. The number of carbonyl (C=O) groups is 1. The maximum absolute atomic E-state index is 12.0. The molecule has 0 aliphatic carbocycles. The van der Waals surface area contributed by atoms with Gasteiger partial charge in [0.15, 0.2) is 0 Å². The summed E-state index contributed by atoms with van der Waals surface area (Å²) in [6.07, 6.45) is 0.0810. The number of morpholine rings is 1. The molecule has 0 bridgehead atoms. The second-order valence-corrected chi connectivity index (χ2v) is 5.20. The van der Waals surface area contributed by atoms with Gasteiger partial charge in [-0.1, -0.05) is 0 Å². The first-order valence-electron chi connectivity index (χ1n) is 5.66. The van der Waals surface area contributed by atoms with Crippen LogP contribution in [-0.2, 0) is 4.74 Å². The third-order valence-electron chi connectivity index (χ3n) is 2.67. The average Bonchev–Trinajstić information content (AvgIpc) is 2.76. The Bertz CT molecular complexity index is 388. The largest absolute Gasteiger partial charge is 0.374 e. The number of hydrogen-bond donors (Lipinski definition) is 1. The summed E-state index contributed by atoms with van der Waals surface area (Å²) >= 11 is 1.49. The Morgan fingerprint density at radius 3 is 3.18 bits per heavy atom. The Labute approximate surface area is 105 Å². The number of amides is 1. The molecule has 1 atom stereocenters. The molecule has 1 N–H and O–H groups in total. The van der Waals surface area contributed by atoms with Crippen molar-refractivity contribution in [3.63, 3.8) is 0 Å². The number of ether oxygens (including phenoxy) is 1. The van der Waals surface area contributed by atoms with Gasteiger partial charge >= 0.3 is 0 Å². The van der Waals surface area contributed by atoms with Crippen LogP contribution in [0.4, 0.5) is 0 Å². The molecule has 0 spiro atoms. The highest BCUT2D eigenvalue weighted by Gasteiger charge is 2.20. The minimum absolute atomic E-state index is 0.0384. The summed E-state index contributed by atoms with van der Waals surface area (Å²) in [5, 5.41) is 5.96. The first kappa shape index (κ1) is 12.5. The molecule has 1 aromatic heterocycles. The predicted molar refractivity (Wildman–Crippen MR) is 66.4 cm³/mol. The lowest BCUT2D eigenvalue weighted by molar-refractivity contribution is 0.0103. The Morgan fingerprint density at radius 2 is 2.59 bits per heavy atom. The molecular weight excluding hydrogens is 238 g/mol. The van der Waals surface area contributed by atoms with Crippen LogP contribution in [0.2, 0.25) is 0 Å². The zero-order valence-corrected chi connectivity index (χ0v) is 10.9. The SMILES string of the molecule is Cc1nc(C(=O)N(C)CC2CNCCO2)cs1. The maximum atomic E-state index is 12.0. The van der Waals surface area contributed by atoms with Crippen molar-refractivity contribution in [2.24, 2.45) is 0 Å². The van der Waals surface area contributed by atoms with Crippen LogP contribution in [0, 0.1) is 6.92 Å². The van der Waals surface area contributed by atoms with Gasteiger partial charge < -0.3 is 15.0 Å². The van der Waals surface area contributed by atoms with Crippen LogP contribution in [0.1, 0.15) is 15.5 Å². The van der Waals surface area contributed by atoms with Gasteiger partial charge in [0.05, 0.1) is 17.7 Å². The van der Waals surface area contributed by atoms with E-state index in [-0.39, 0.29) is 12.0 Å². The summed E-state index contributed by atoms with van der Waals surface area (Å²) in [6, 6.07) is 0. The van der Waals surface area contributed by atoms with E-state index >= 15 is 0 Å². The highest BCUT2D eigenvalue weighted by atomic mass is 32.1. The lowest BCUT2D eigenvalue weighted by Gasteiger charge is -2.27. The van der Waals surface area contributed by atoms with E-state index in [2.05, 4.69) is 10.3 Å². The Morgan fingerprint density at radius 1 is 1.76 bits per heavy atom. The molecule has 2 rings (SSSR count). The average molecular weight is 255 g/mol. The summed E-state index contributed by atoms with van der Waals surface area (Å²) in [5.74, 6) is -0.0384. The molecule has 0 radical (unpaired) electrons. The van der Waals surface area contributed by atoms with Gasteiger partial charge in [-0.25, -0.2) is 4.98 Å². The third-order valence-corrected chi connectivity index (χ3v) is 3.44. The van der Waals surface area contributed by atoms with E-state index in [9.17, 15) is 4.79 Å². The molecular formula is C11H17N3O2S. The molecule has 1 aromatic rings. The van der Waals surface area contributed by atoms with Gasteiger partial charge in [-0.2, -0.15) is 0 Å². The number of carbonyl (C=O) groups excluding carboxylic acids is 1. The molecule has 0 aromatic carbocycles. The number of aryl methyl sites for hydroxylation is 1. The molecule has 1 aliphatic heterocycles. The zero-order valence-electron chi connectivity index (χ0n) is 10.1. The monoisotopic (exact) mass is 255 g/mol. The van der Waals surface area contributed by atoms with Crippen LogP contribution in [0.3, 0.4) is 0 Å². The van der Waals surface area contributed by atoms with Gasteiger partial charge in [0.2, 0.25) is 0 Å². The molecule has 0 saturated carbocycles. The normalized spacial score (nSPS) is 20.2. The second kappa shape index (κ2) is 5.57. The molecule has 1 saturated heterocycles. The smallest absolute Gasteiger partial charge is 0.273 e. The zero-order chi connectivity index (χ0) is 12.3. The summed E-state index contributed by atoms with van der Waals surface area (Å²) in [5.41, 5.74) is 0.527. The number of rotatable bonds is 3. The molecule has 1 amide bonds. The standard InChI is InChI=1S/C11H17N3O2S/c1-8-13-10(7-17-8)11(15)14(2)6-9-5-12-3-4-16-9/h7,9,12H,3-6H2,1-2H3. The number of aromatic nitrogens is 1. The van der Waals surface area contributed by atoms with E-state index in [0.29, 0.717) is 18.8 Å². The minimum atomic E-state index is -0.0384. The number of thiazole rings is 1. The fourth-order valence-corrected chi connectivity index (χ4v) is 2.37. The van der Waals surface area contributed by atoms with Crippen molar-refractivity contribution in [3.8, 4) is 0 Å². The molecule has 1 fully saturated rings. The lowest BCUT2D eigenvalue weighted by Crippen LogP contribution is -2.45. The van der Waals surface area contributed by atoms with Crippen LogP contribution in [0.25, 0.3) is 0 Å². The fraction of sp³-hybridized carbons (Fsp3) is 0.636. The van der Waals surface area contributed by atoms with Crippen molar-refractivity contribution >= 4 is 17.2 Å². The van der Waals surface area contributed by atoms with Gasteiger partial charge in [-0.15, -0.1) is 11.3 Å². The fourth-order valence-electron chi connectivity index (χ4n) is 1.78. The molecule has 1 unspecified atom stereocenters. The summed E-state index contributed by atoms with van der Waals surface area (Å²) in [7, 11) is 1.79. The molecule has 5 nitrogen and oxygen atoms in total. The predicted octanol–water partition coefficient (Wildman–Crippen LogP) is 0.512. The minimum Gasteiger partial charge on any atom is -0.374 e. The van der Waals surface area contributed by atoms with E-state index in [1.165, 1.54) is 11.3 Å². The van der Waals surface area contributed by atoms with Gasteiger partial charge in [-0.05, 0) is 6.92 Å². The van der Waals surface area contributed by atoms with E-state index in [1.807, 2.05) is 6.92 Å². The van der Waals surface area contributed by atoms with Gasteiger partial charge in [0.1, 0.15) is 5.69 Å². The van der Waals surface area contributed by atoms with Crippen LogP contribution in [-0.4, -0.2) is 55.2 Å². The third kappa shape index (κ3) is 3.24. The van der Waals surface area contributed by atoms with Crippen LogP contribution in [0.5, 0.6) is 0 Å². The topological polar surface area (TPSA) is 54.5 Å². The maximum Gasteiger partial charge on any atom is 0.273 e. The summed E-state index contributed by atoms with van der Waals surface area (Å²) < 4.78 is 5.57. The van der Waals surface area contributed by atoms with Crippen LogP contribution in [0.15, 0.2) is 5.38 Å². The lowest BCUT2D eigenvalue weighted by atomic mass is 10.3. The molecule has 1 aliphatic rings. The van der Waals surface area contributed by atoms with Crippen molar-refractivity contribution in [2.45, 2.75) is 13.0 Å². The van der Waals surface area contributed by atoms with E-state index in [1.54, 1.807) is 17.3 Å². The number of nitrogens with one attached hydrogen (secondary N) is 1. The first-order valence-corrected chi connectivity index (χ1v) is 6.54. The Hall–Kier alpha value is -0.980. The Balaban J connectivity index is 1.90. The number of likely N-dealkylation sites (N-methyl/N-ethyl adjacent to an activating group) is 1. The molecule has 17 heavy (non-hydrogen) atoms. The molecule has 94 valence electrons. The van der Waals surface area contributed by atoms with Crippen molar-refractivity contribution in [2.75, 3.05) is 33.3 Å².